The third-order valence-corrected chi connectivity index (χ3v) is 7.18. The zero-order valence-corrected chi connectivity index (χ0v) is 20.6. The maximum absolute atomic E-state index is 12.9. The molecule has 2 amide bonds. The highest BCUT2D eigenvalue weighted by molar-refractivity contribution is 7.54. The molecule has 29 heavy (non-hydrogen) atoms. The fraction of sp³-hybridized carbons (Fsp3) is 0.929. The summed E-state index contributed by atoms with van der Waals surface area (Å²) >= 11 is 27.8. The van der Waals surface area contributed by atoms with Gasteiger partial charge < -0.3 is 9.84 Å². The van der Waals surface area contributed by atoms with Gasteiger partial charge in [0, 0.05) is 62.1 Å². The number of rotatable bonds is 12. The molecule has 1 unspecified atom stereocenters. The molecule has 1 aliphatic heterocycles. The van der Waals surface area contributed by atoms with E-state index in [0.717, 1.165) is 13.0 Å². The Morgan fingerprint density at radius 1 is 1.03 bits per heavy atom. The number of nitroso groups, excluding NO2 is 1. The average Bonchev–Trinajstić information content (AvgIpc) is 2.72. The molecular formula is C14H27Cl5N5O4P. The summed E-state index contributed by atoms with van der Waals surface area (Å²) in [6.45, 7) is 3.21. The van der Waals surface area contributed by atoms with Crippen LogP contribution >= 0.6 is 65.7 Å². The van der Waals surface area contributed by atoms with Crippen LogP contribution in [0.1, 0.15) is 6.42 Å². The maximum atomic E-state index is 12.9. The normalized spacial score (nSPS) is 19.4. The lowest BCUT2D eigenvalue weighted by atomic mass is 10.4. The SMILES string of the molecule is O=NN(CCCl)C(=O)NCCCl.O=P1(N(CCCl)CCCl)OCCCN1CCCl. The zero-order chi connectivity index (χ0) is 22.1. The number of hydrogen-bond acceptors (Lipinski definition) is 5. The average molecular weight is 538 g/mol. The second kappa shape index (κ2) is 18.0. The number of nitrogens with zero attached hydrogens (tertiary/aromatic N) is 4. The van der Waals surface area contributed by atoms with E-state index in [1.165, 1.54) is 0 Å². The van der Waals surface area contributed by atoms with Gasteiger partial charge in [-0.15, -0.1) is 62.9 Å². The third kappa shape index (κ3) is 11.0. The minimum atomic E-state index is -2.97. The molecule has 172 valence electrons. The first-order valence-electron chi connectivity index (χ1n) is 8.89. The molecule has 0 spiro atoms. The Morgan fingerprint density at radius 2 is 1.66 bits per heavy atom. The molecule has 1 aliphatic rings. The molecule has 1 fully saturated rings. The summed E-state index contributed by atoms with van der Waals surface area (Å²) in [6, 6.07) is -0.578. The van der Waals surface area contributed by atoms with Gasteiger partial charge in [-0.2, -0.15) is 5.01 Å². The molecule has 0 aromatic carbocycles. The molecule has 0 aliphatic carbocycles. The molecule has 1 rings (SSSR count). The number of carbonyl (C=O) groups excluding carboxylic acids is 1. The van der Waals surface area contributed by atoms with Crippen molar-refractivity contribution in [1.29, 1.82) is 0 Å². The Hall–Kier alpha value is 0.430. The van der Waals surface area contributed by atoms with Gasteiger partial charge in [-0.25, -0.2) is 14.1 Å². The van der Waals surface area contributed by atoms with Gasteiger partial charge in [-0.1, -0.05) is 0 Å². The van der Waals surface area contributed by atoms with E-state index in [1.54, 1.807) is 4.67 Å². The molecule has 0 radical (unpaired) electrons. The van der Waals surface area contributed by atoms with E-state index in [2.05, 4.69) is 10.6 Å². The highest BCUT2D eigenvalue weighted by Crippen LogP contribution is 2.56. The summed E-state index contributed by atoms with van der Waals surface area (Å²) in [4.78, 5) is 20.9. The van der Waals surface area contributed by atoms with Crippen molar-refractivity contribution in [3.8, 4) is 0 Å². The number of alkyl halides is 5. The second-order valence-corrected chi connectivity index (χ2v) is 9.73. The fourth-order valence-electron chi connectivity index (χ4n) is 2.30. The number of amides is 2. The quantitative estimate of drug-likeness (QED) is 0.175. The van der Waals surface area contributed by atoms with Crippen molar-refractivity contribution in [2.24, 2.45) is 5.29 Å². The molecule has 0 saturated carbocycles. The molecule has 1 saturated heterocycles. The first-order valence-corrected chi connectivity index (χ1v) is 13.1. The lowest BCUT2D eigenvalue weighted by molar-refractivity contribution is 0.171. The Labute approximate surface area is 196 Å². The third-order valence-electron chi connectivity index (χ3n) is 3.56. The highest BCUT2D eigenvalue weighted by Gasteiger charge is 2.40. The monoisotopic (exact) mass is 535 g/mol. The van der Waals surface area contributed by atoms with Gasteiger partial charge in [0.1, 0.15) is 0 Å². The van der Waals surface area contributed by atoms with Gasteiger partial charge in [-0.05, 0) is 6.42 Å². The van der Waals surface area contributed by atoms with Crippen LogP contribution in [0, 0.1) is 4.91 Å². The first kappa shape index (κ1) is 29.4. The Balaban J connectivity index is 0.000000578. The van der Waals surface area contributed by atoms with E-state index in [4.69, 9.17) is 62.5 Å². The molecule has 1 atom stereocenters. The van der Waals surface area contributed by atoms with Crippen molar-refractivity contribution in [2.75, 3.05) is 75.3 Å². The molecule has 1 heterocycles. The summed E-state index contributed by atoms with van der Waals surface area (Å²) in [5, 5.41) is 5.55. The number of carbonyl (C=O) groups is 1. The topological polar surface area (TPSA) is 94.5 Å². The minimum absolute atomic E-state index is 0.0964. The summed E-state index contributed by atoms with van der Waals surface area (Å²) < 4.78 is 22.0. The predicted octanol–water partition coefficient (Wildman–Crippen LogP) is 3.99. The molecular weight excluding hydrogens is 510 g/mol. The highest BCUT2D eigenvalue weighted by atomic mass is 35.5. The Morgan fingerprint density at radius 3 is 2.14 bits per heavy atom. The van der Waals surface area contributed by atoms with Crippen LogP contribution in [0.4, 0.5) is 4.79 Å². The van der Waals surface area contributed by atoms with Gasteiger partial charge in [0.05, 0.1) is 18.4 Å². The van der Waals surface area contributed by atoms with Crippen molar-refractivity contribution in [3.63, 3.8) is 0 Å². The predicted molar refractivity (Wildman–Crippen MR) is 121 cm³/mol. The number of halogens is 5. The summed E-state index contributed by atoms with van der Waals surface area (Å²) in [5.74, 6) is 1.69. The standard InChI is InChI=1S/C9H18Cl3N2O2P.C5H9Cl2N3O2/c10-2-6-13-5-1-9-16-17(13,15)14(7-3-11)8-4-12;6-1-3-8-5(11)10(9-12)4-2-7/h1-9H2;1-4H2,(H,8,11). The molecule has 1 N–H and O–H groups in total. The van der Waals surface area contributed by atoms with E-state index in [-0.39, 0.29) is 12.4 Å². The first-order chi connectivity index (χ1) is 13.9. The number of hydrogen-bond donors (Lipinski definition) is 1. The van der Waals surface area contributed by atoms with Crippen LogP contribution in [0.2, 0.25) is 0 Å². The lowest BCUT2D eigenvalue weighted by Gasteiger charge is -2.40. The van der Waals surface area contributed by atoms with Crippen molar-refractivity contribution in [2.45, 2.75) is 6.42 Å². The van der Waals surface area contributed by atoms with E-state index in [0.29, 0.717) is 61.3 Å². The van der Waals surface area contributed by atoms with Gasteiger partial charge in [0.15, 0.2) is 0 Å². The minimum Gasteiger partial charge on any atom is -0.335 e. The second-order valence-electron chi connectivity index (χ2n) is 5.47. The van der Waals surface area contributed by atoms with Crippen LogP contribution in [-0.4, -0.2) is 95.7 Å². The molecule has 0 aromatic rings. The molecule has 0 bridgehead atoms. The van der Waals surface area contributed by atoms with Gasteiger partial charge in [0.2, 0.25) is 0 Å². The van der Waals surface area contributed by atoms with Crippen molar-refractivity contribution >= 4 is 71.7 Å². The largest absolute Gasteiger partial charge is 0.346 e. The van der Waals surface area contributed by atoms with Gasteiger partial charge in [0.25, 0.3) is 0 Å². The van der Waals surface area contributed by atoms with Crippen LogP contribution < -0.4 is 5.32 Å². The van der Waals surface area contributed by atoms with E-state index >= 15 is 0 Å². The smallest absolute Gasteiger partial charge is 0.335 e. The van der Waals surface area contributed by atoms with Crippen molar-refractivity contribution < 1.29 is 13.9 Å². The van der Waals surface area contributed by atoms with E-state index in [1.807, 2.05) is 4.67 Å². The van der Waals surface area contributed by atoms with Crippen LogP contribution in [0.25, 0.3) is 0 Å². The van der Waals surface area contributed by atoms with Crippen LogP contribution in [0.3, 0.4) is 0 Å². The molecule has 15 heteroatoms. The van der Waals surface area contributed by atoms with Crippen molar-refractivity contribution in [1.82, 2.24) is 19.7 Å². The zero-order valence-electron chi connectivity index (χ0n) is 16.0. The Bertz CT molecular complexity index is 503. The molecule has 0 aromatic heterocycles. The van der Waals surface area contributed by atoms with E-state index < -0.39 is 13.7 Å². The lowest BCUT2D eigenvalue weighted by Crippen LogP contribution is -2.39. The van der Waals surface area contributed by atoms with Crippen molar-refractivity contribution in [3.05, 3.63) is 4.91 Å². The maximum Gasteiger partial charge on any atom is 0.346 e. The number of nitrogens with one attached hydrogen (secondary N) is 1. The molecule has 9 nitrogen and oxygen atoms in total. The van der Waals surface area contributed by atoms with Crippen LogP contribution in [0.5, 0.6) is 0 Å². The summed E-state index contributed by atoms with van der Waals surface area (Å²) in [6.07, 6.45) is 0.871. The Kier molecular flexibility index (Phi) is 18.3. The van der Waals surface area contributed by atoms with Gasteiger partial charge >= 0.3 is 13.7 Å². The van der Waals surface area contributed by atoms with Crippen LogP contribution in [-0.2, 0) is 9.09 Å². The van der Waals surface area contributed by atoms with Gasteiger partial charge in [-0.3, -0.25) is 4.57 Å². The van der Waals surface area contributed by atoms with E-state index in [9.17, 15) is 14.3 Å². The summed E-state index contributed by atoms with van der Waals surface area (Å²) in [7, 11) is -2.97. The van der Waals surface area contributed by atoms with Crippen LogP contribution in [0.15, 0.2) is 5.29 Å². The number of urea groups is 1. The fourth-order valence-corrected chi connectivity index (χ4v) is 6.02. The summed E-state index contributed by atoms with van der Waals surface area (Å²) in [5.41, 5.74) is 0.